The molecule has 2 aromatic rings. The molecule has 0 aliphatic rings. The second kappa shape index (κ2) is 9.84. The van der Waals surface area contributed by atoms with Gasteiger partial charge in [-0.3, -0.25) is 25.2 Å². The Balaban J connectivity index is 2.25. The highest BCUT2D eigenvalue weighted by Crippen LogP contribution is 2.38. The van der Waals surface area contributed by atoms with Gasteiger partial charge in [-0.25, -0.2) is 0 Å². The van der Waals surface area contributed by atoms with E-state index < -0.39 is 17.2 Å². The van der Waals surface area contributed by atoms with Gasteiger partial charge in [0.15, 0.2) is 11.5 Å². The van der Waals surface area contributed by atoms with Crippen molar-refractivity contribution in [1.82, 2.24) is 10.9 Å². The van der Waals surface area contributed by atoms with E-state index in [4.69, 9.17) is 14.2 Å². The number of benzene rings is 2. The van der Waals surface area contributed by atoms with Crippen LogP contribution in [-0.4, -0.2) is 39.1 Å². The molecule has 0 saturated carbocycles. The van der Waals surface area contributed by atoms with Crippen molar-refractivity contribution >= 4 is 23.4 Å². The van der Waals surface area contributed by atoms with Crippen LogP contribution in [-0.2, 0) is 4.79 Å². The number of carbonyl (C=O) groups excluding carboxylic acids is 3. The van der Waals surface area contributed by atoms with E-state index in [2.05, 4.69) is 16.2 Å². The summed E-state index contributed by atoms with van der Waals surface area (Å²) in [7, 11) is 4.36. The fourth-order valence-electron chi connectivity index (χ4n) is 2.57. The first kappa shape index (κ1) is 23.5. The van der Waals surface area contributed by atoms with Crippen molar-refractivity contribution in [3.8, 4) is 17.2 Å². The number of hydrogen-bond acceptors (Lipinski definition) is 6. The van der Waals surface area contributed by atoms with Gasteiger partial charge >= 0.3 is 0 Å². The number of ether oxygens (including phenoxy) is 3. The van der Waals surface area contributed by atoms with Crippen molar-refractivity contribution in [2.75, 3.05) is 26.6 Å². The average Bonchev–Trinajstić information content (AvgIpc) is 2.75. The number of carbonyl (C=O) groups is 3. The van der Waals surface area contributed by atoms with Crippen molar-refractivity contribution in [3.05, 3.63) is 47.5 Å². The summed E-state index contributed by atoms with van der Waals surface area (Å²) >= 11 is 0. The van der Waals surface area contributed by atoms with Gasteiger partial charge in [0.25, 0.3) is 11.8 Å². The Morgan fingerprint density at radius 3 is 1.90 bits per heavy atom. The molecule has 0 unspecified atom stereocenters. The minimum absolute atomic E-state index is 0.178. The normalized spacial score (nSPS) is 10.6. The maximum Gasteiger partial charge on any atom is 0.271 e. The molecule has 0 aliphatic heterocycles. The minimum atomic E-state index is -0.673. The first-order valence-corrected chi connectivity index (χ1v) is 9.43. The number of hydrogen-bond donors (Lipinski definition) is 3. The molecular weight excluding hydrogens is 402 g/mol. The summed E-state index contributed by atoms with van der Waals surface area (Å²) in [5.41, 5.74) is 4.76. The molecule has 0 aliphatic carbocycles. The van der Waals surface area contributed by atoms with Crippen molar-refractivity contribution in [3.63, 3.8) is 0 Å². The number of hydrazine groups is 1. The van der Waals surface area contributed by atoms with Crippen LogP contribution in [0.3, 0.4) is 0 Å². The lowest BCUT2D eigenvalue weighted by Crippen LogP contribution is -2.46. The quantitative estimate of drug-likeness (QED) is 0.609. The van der Waals surface area contributed by atoms with Crippen LogP contribution < -0.4 is 30.4 Å². The third-order valence-corrected chi connectivity index (χ3v) is 4.32. The molecule has 3 N–H and O–H groups in total. The molecule has 0 atom stereocenters. The largest absolute Gasteiger partial charge is 0.493 e. The lowest BCUT2D eigenvalue weighted by molar-refractivity contribution is -0.129. The van der Waals surface area contributed by atoms with Gasteiger partial charge in [-0.15, -0.1) is 0 Å². The minimum Gasteiger partial charge on any atom is -0.493 e. The van der Waals surface area contributed by atoms with Crippen molar-refractivity contribution in [2.24, 2.45) is 5.41 Å². The first-order chi connectivity index (χ1) is 14.6. The molecule has 9 heteroatoms. The Morgan fingerprint density at radius 1 is 0.806 bits per heavy atom. The second-order valence-electron chi connectivity index (χ2n) is 7.57. The van der Waals surface area contributed by atoms with Gasteiger partial charge < -0.3 is 19.5 Å². The van der Waals surface area contributed by atoms with Gasteiger partial charge in [0.1, 0.15) is 0 Å². The highest BCUT2D eigenvalue weighted by molar-refractivity contribution is 6.09. The Bertz CT molecular complexity index is 956. The van der Waals surface area contributed by atoms with Crippen molar-refractivity contribution in [2.45, 2.75) is 20.8 Å². The molecular formula is C22H27N3O6. The van der Waals surface area contributed by atoms with Gasteiger partial charge in [0, 0.05) is 11.0 Å². The zero-order chi connectivity index (χ0) is 23.2. The predicted octanol–water partition coefficient (Wildman–Crippen LogP) is 2.77. The lowest BCUT2D eigenvalue weighted by Gasteiger charge is -2.18. The van der Waals surface area contributed by atoms with Crippen LogP contribution in [0.2, 0.25) is 0 Å². The Labute approximate surface area is 181 Å². The SMILES string of the molecule is COc1cc(C(=O)Nc2ccccc2C(=O)NNC(=O)C(C)(C)C)cc(OC)c1OC. The Hall–Kier alpha value is -3.75. The van der Waals surface area contributed by atoms with Gasteiger partial charge in [-0.2, -0.15) is 0 Å². The van der Waals surface area contributed by atoms with E-state index in [-0.39, 0.29) is 22.7 Å². The smallest absolute Gasteiger partial charge is 0.271 e. The summed E-state index contributed by atoms with van der Waals surface area (Å²) in [6.07, 6.45) is 0. The van der Waals surface area contributed by atoms with E-state index in [0.717, 1.165) is 0 Å². The van der Waals surface area contributed by atoms with Crippen LogP contribution in [0.1, 0.15) is 41.5 Å². The van der Waals surface area contributed by atoms with Gasteiger partial charge in [0.05, 0.1) is 32.6 Å². The summed E-state index contributed by atoms with van der Waals surface area (Å²) in [5.74, 6) is -0.404. The van der Waals surface area contributed by atoms with Crippen LogP contribution in [0, 0.1) is 5.41 Å². The fraction of sp³-hybridized carbons (Fsp3) is 0.318. The molecule has 0 heterocycles. The fourth-order valence-corrected chi connectivity index (χ4v) is 2.57. The van der Waals surface area contributed by atoms with Crippen LogP contribution in [0.4, 0.5) is 5.69 Å². The van der Waals surface area contributed by atoms with Crippen LogP contribution >= 0.6 is 0 Å². The molecule has 0 spiro atoms. The molecule has 0 saturated heterocycles. The Kier molecular flexibility index (Phi) is 7.47. The Morgan fingerprint density at radius 2 is 1.39 bits per heavy atom. The van der Waals surface area contributed by atoms with E-state index in [1.807, 2.05) is 0 Å². The van der Waals surface area contributed by atoms with Crippen LogP contribution in [0.5, 0.6) is 17.2 Å². The third kappa shape index (κ3) is 5.65. The zero-order valence-corrected chi connectivity index (χ0v) is 18.4. The van der Waals surface area contributed by atoms with E-state index in [1.165, 1.54) is 39.5 Å². The van der Waals surface area contributed by atoms with Crippen LogP contribution in [0.15, 0.2) is 36.4 Å². The van der Waals surface area contributed by atoms with E-state index in [9.17, 15) is 14.4 Å². The number of nitrogens with one attached hydrogen (secondary N) is 3. The summed E-state index contributed by atoms with van der Waals surface area (Å²) in [6.45, 7) is 5.17. The monoisotopic (exact) mass is 429 g/mol. The van der Waals surface area contributed by atoms with E-state index >= 15 is 0 Å². The summed E-state index contributed by atoms with van der Waals surface area (Å²) in [4.78, 5) is 37.4. The van der Waals surface area contributed by atoms with Crippen molar-refractivity contribution in [1.29, 1.82) is 0 Å². The molecule has 31 heavy (non-hydrogen) atoms. The molecule has 166 valence electrons. The summed E-state index contributed by atoms with van der Waals surface area (Å²) in [5, 5.41) is 2.70. The molecule has 0 bridgehead atoms. The molecule has 0 aromatic heterocycles. The topological polar surface area (TPSA) is 115 Å². The first-order valence-electron chi connectivity index (χ1n) is 9.43. The highest BCUT2D eigenvalue weighted by Gasteiger charge is 2.23. The van der Waals surface area contributed by atoms with Crippen molar-refractivity contribution < 1.29 is 28.6 Å². The van der Waals surface area contributed by atoms with E-state index in [0.29, 0.717) is 17.2 Å². The van der Waals surface area contributed by atoms with Gasteiger partial charge in [-0.05, 0) is 24.3 Å². The lowest BCUT2D eigenvalue weighted by atomic mass is 9.96. The number of anilines is 1. The van der Waals surface area contributed by atoms with Gasteiger partial charge in [0.2, 0.25) is 11.7 Å². The number of para-hydroxylation sites is 1. The number of amides is 3. The predicted molar refractivity (Wildman–Crippen MR) is 116 cm³/mol. The number of methoxy groups -OCH3 is 3. The molecule has 0 radical (unpaired) electrons. The number of rotatable bonds is 6. The molecule has 9 nitrogen and oxygen atoms in total. The van der Waals surface area contributed by atoms with Crippen LogP contribution in [0.25, 0.3) is 0 Å². The van der Waals surface area contributed by atoms with Gasteiger partial charge in [-0.1, -0.05) is 32.9 Å². The molecule has 2 rings (SSSR count). The summed E-state index contributed by atoms with van der Waals surface area (Å²) < 4.78 is 15.8. The maximum atomic E-state index is 12.9. The standard InChI is InChI=1S/C22H27N3O6/c1-22(2,3)21(28)25-24-20(27)14-9-7-8-10-15(14)23-19(26)13-11-16(29-4)18(31-6)17(12-13)30-5/h7-12H,1-6H3,(H,23,26)(H,24,27)(H,25,28). The average molecular weight is 429 g/mol. The molecule has 2 aromatic carbocycles. The maximum absolute atomic E-state index is 12.9. The second-order valence-corrected chi connectivity index (χ2v) is 7.57. The highest BCUT2D eigenvalue weighted by atomic mass is 16.5. The molecule has 0 fully saturated rings. The summed E-state index contributed by atoms with van der Waals surface area (Å²) in [6, 6.07) is 9.44. The molecule has 3 amide bonds. The zero-order valence-electron chi connectivity index (χ0n) is 18.4. The third-order valence-electron chi connectivity index (χ3n) is 4.32. The van der Waals surface area contributed by atoms with E-state index in [1.54, 1.807) is 39.0 Å².